The van der Waals surface area contributed by atoms with E-state index in [-0.39, 0.29) is 5.78 Å². The van der Waals surface area contributed by atoms with Gasteiger partial charge >= 0.3 is 0 Å². The Morgan fingerprint density at radius 3 is 2.85 bits per heavy atom. The van der Waals surface area contributed by atoms with Gasteiger partial charge in [-0.05, 0) is 44.0 Å². The topological polar surface area (TPSA) is 51.2 Å². The van der Waals surface area contributed by atoms with E-state index in [1.54, 1.807) is 0 Å². The Morgan fingerprint density at radius 1 is 1.40 bits per heavy atom. The molecule has 0 bridgehead atoms. The van der Waals surface area contributed by atoms with Gasteiger partial charge < -0.3 is 10.1 Å². The van der Waals surface area contributed by atoms with E-state index in [4.69, 9.17) is 4.74 Å². The smallest absolute Gasteiger partial charge is 0.141 e. The number of carbonyl (C=O) groups excluding carboxylic acids is 1. The van der Waals surface area contributed by atoms with E-state index in [0.717, 1.165) is 38.0 Å². The number of carbonyl (C=O) groups is 1. The molecule has 1 saturated heterocycles. The summed E-state index contributed by atoms with van der Waals surface area (Å²) >= 11 is 0. The number of piperidine rings is 1. The summed E-state index contributed by atoms with van der Waals surface area (Å²) in [7, 11) is 0. The third kappa shape index (κ3) is 5.02. The van der Waals surface area contributed by atoms with Gasteiger partial charge in [0.15, 0.2) is 0 Å². The number of rotatable bonds is 7. The predicted octanol–water partition coefficient (Wildman–Crippen LogP) is 1.91. The lowest BCUT2D eigenvalue weighted by Crippen LogP contribution is -2.32. The number of ether oxygens (including phenoxy) is 1. The minimum Gasteiger partial charge on any atom is -0.378 e. The third-order valence-electron chi connectivity index (χ3n) is 3.69. The second-order valence-electron chi connectivity index (χ2n) is 5.30. The van der Waals surface area contributed by atoms with Gasteiger partial charge in [-0.2, -0.15) is 0 Å². The Bertz CT molecular complexity index is 411. The highest BCUT2D eigenvalue weighted by molar-refractivity contribution is 5.80. The molecule has 110 valence electrons. The van der Waals surface area contributed by atoms with E-state index < -0.39 is 0 Å². The van der Waals surface area contributed by atoms with E-state index in [2.05, 4.69) is 17.2 Å². The van der Waals surface area contributed by atoms with Gasteiger partial charge in [0.2, 0.25) is 0 Å². The molecule has 1 fully saturated rings. The SMILES string of the molecule is CCc1ccc(CC(=O)CCOC2CCNCC2)nc1. The molecule has 0 amide bonds. The van der Waals surface area contributed by atoms with Crippen LogP contribution in [0.2, 0.25) is 0 Å². The molecule has 1 aromatic rings. The van der Waals surface area contributed by atoms with Crippen LogP contribution in [0.25, 0.3) is 0 Å². The van der Waals surface area contributed by atoms with Crippen LogP contribution >= 0.6 is 0 Å². The number of nitrogens with one attached hydrogen (secondary N) is 1. The fraction of sp³-hybridized carbons (Fsp3) is 0.625. The van der Waals surface area contributed by atoms with Crippen molar-refractivity contribution in [1.29, 1.82) is 0 Å². The fourth-order valence-electron chi connectivity index (χ4n) is 2.36. The molecule has 2 rings (SSSR count). The average molecular weight is 276 g/mol. The first-order valence-electron chi connectivity index (χ1n) is 7.55. The highest BCUT2D eigenvalue weighted by atomic mass is 16.5. The minimum absolute atomic E-state index is 0.204. The molecule has 1 aliphatic rings. The maximum absolute atomic E-state index is 11.9. The molecule has 0 aliphatic carbocycles. The third-order valence-corrected chi connectivity index (χ3v) is 3.69. The first kappa shape index (κ1) is 15.1. The summed E-state index contributed by atoms with van der Waals surface area (Å²) in [5, 5.41) is 3.30. The van der Waals surface area contributed by atoms with Crippen LogP contribution in [0.15, 0.2) is 18.3 Å². The number of aryl methyl sites for hydroxylation is 1. The summed E-state index contributed by atoms with van der Waals surface area (Å²) in [4.78, 5) is 16.2. The Balaban J connectivity index is 1.66. The van der Waals surface area contributed by atoms with E-state index in [9.17, 15) is 4.79 Å². The van der Waals surface area contributed by atoms with Crippen molar-refractivity contribution in [3.05, 3.63) is 29.6 Å². The van der Waals surface area contributed by atoms with Gasteiger partial charge in [0.1, 0.15) is 5.78 Å². The number of aromatic nitrogens is 1. The van der Waals surface area contributed by atoms with Crippen molar-refractivity contribution in [2.75, 3.05) is 19.7 Å². The Labute approximate surface area is 120 Å². The summed E-state index contributed by atoms with van der Waals surface area (Å²) in [5.41, 5.74) is 2.06. The summed E-state index contributed by atoms with van der Waals surface area (Å²) in [5.74, 6) is 0.204. The van der Waals surface area contributed by atoms with Crippen molar-refractivity contribution < 1.29 is 9.53 Å². The van der Waals surface area contributed by atoms with Crippen LogP contribution in [0.4, 0.5) is 0 Å². The van der Waals surface area contributed by atoms with E-state index in [1.807, 2.05) is 18.3 Å². The second kappa shape index (κ2) is 8.12. The molecule has 2 heterocycles. The number of pyridine rings is 1. The van der Waals surface area contributed by atoms with Crippen molar-refractivity contribution >= 4 is 5.78 Å². The number of Topliss-reactive ketones (excluding diaryl/α,β-unsaturated/α-hetero) is 1. The number of hydrogen-bond donors (Lipinski definition) is 1. The van der Waals surface area contributed by atoms with Crippen LogP contribution < -0.4 is 5.32 Å². The van der Waals surface area contributed by atoms with Gasteiger partial charge in [-0.3, -0.25) is 9.78 Å². The molecule has 1 N–H and O–H groups in total. The van der Waals surface area contributed by atoms with Gasteiger partial charge in [-0.1, -0.05) is 13.0 Å². The van der Waals surface area contributed by atoms with Crippen LogP contribution in [0.3, 0.4) is 0 Å². The summed E-state index contributed by atoms with van der Waals surface area (Å²) in [6.45, 7) is 4.68. The zero-order valence-corrected chi connectivity index (χ0v) is 12.2. The quantitative estimate of drug-likeness (QED) is 0.826. The maximum atomic E-state index is 11.9. The molecule has 20 heavy (non-hydrogen) atoms. The maximum Gasteiger partial charge on any atom is 0.141 e. The molecule has 4 nitrogen and oxygen atoms in total. The monoisotopic (exact) mass is 276 g/mol. The van der Waals surface area contributed by atoms with Crippen LogP contribution in [0.5, 0.6) is 0 Å². The number of ketones is 1. The largest absolute Gasteiger partial charge is 0.378 e. The Morgan fingerprint density at radius 2 is 2.20 bits per heavy atom. The first-order valence-corrected chi connectivity index (χ1v) is 7.55. The average Bonchev–Trinajstić information content (AvgIpc) is 2.49. The Kier molecular flexibility index (Phi) is 6.15. The zero-order valence-electron chi connectivity index (χ0n) is 12.2. The zero-order chi connectivity index (χ0) is 14.2. The van der Waals surface area contributed by atoms with E-state index in [0.29, 0.717) is 25.6 Å². The van der Waals surface area contributed by atoms with Crippen molar-refractivity contribution in [3.8, 4) is 0 Å². The Hall–Kier alpha value is -1.26. The number of hydrogen-bond acceptors (Lipinski definition) is 4. The molecular weight excluding hydrogens is 252 g/mol. The van der Waals surface area contributed by atoms with Crippen LogP contribution in [0.1, 0.15) is 37.4 Å². The molecule has 4 heteroatoms. The normalized spacial score (nSPS) is 16.2. The first-order chi connectivity index (χ1) is 9.78. The predicted molar refractivity (Wildman–Crippen MR) is 78.8 cm³/mol. The minimum atomic E-state index is 0.204. The fourth-order valence-corrected chi connectivity index (χ4v) is 2.36. The van der Waals surface area contributed by atoms with Gasteiger partial charge in [0.05, 0.1) is 12.7 Å². The summed E-state index contributed by atoms with van der Waals surface area (Å²) < 4.78 is 5.75. The number of nitrogens with zero attached hydrogens (tertiary/aromatic N) is 1. The molecular formula is C16H24N2O2. The van der Waals surface area contributed by atoms with Gasteiger partial charge in [0, 0.05) is 24.7 Å². The second-order valence-corrected chi connectivity index (χ2v) is 5.30. The van der Waals surface area contributed by atoms with Gasteiger partial charge in [0.25, 0.3) is 0 Å². The van der Waals surface area contributed by atoms with E-state index >= 15 is 0 Å². The molecule has 0 unspecified atom stereocenters. The summed E-state index contributed by atoms with van der Waals surface area (Å²) in [6, 6.07) is 3.99. The lowest BCUT2D eigenvalue weighted by atomic mass is 10.1. The molecule has 0 saturated carbocycles. The molecule has 0 radical (unpaired) electrons. The molecule has 0 aromatic carbocycles. The molecule has 1 aromatic heterocycles. The standard InChI is InChI=1S/C16H24N2O2/c1-2-13-3-4-14(18-12-13)11-15(19)7-10-20-16-5-8-17-9-6-16/h3-4,12,16-17H,2,5-11H2,1H3. The highest BCUT2D eigenvalue weighted by Gasteiger charge is 2.13. The van der Waals surface area contributed by atoms with Crippen LogP contribution in [-0.4, -0.2) is 36.6 Å². The van der Waals surface area contributed by atoms with Crippen molar-refractivity contribution in [2.45, 2.75) is 45.1 Å². The lowest BCUT2D eigenvalue weighted by Gasteiger charge is -2.22. The molecule has 0 atom stereocenters. The van der Waals surface area contributed by atoms with Gasteiger partial charge in [-0.15, -0.1) is 0 Å². The van der Waals surface area contributed by atoms with E-state index in [1.165, 1.54) is 5.56 Å². The molecule has 0 spiro atoms. The molecule has 1 aliphatic heterocycles. The van der Waals surface area contributed by atoms with Crippen molar-refractivity contribution in [3.63, 3.8) is 0 Å². The summed E-state index contributed by atoms with van der Waals surface area (Å²) in [6.07, 6.45) is 6.16. The van der Waals surface area contributed by atoms with Gasteiger partial charge in [-0.25, -0.2) is 0 Å². The lowest BCUT2D eigenvalue weighted by molar-refractivity contribution is -0.120. The van der Waals surface area contributed by atoms with Crippen molar-refractivity contribution in [1.82, 2.24) is 10.3 Å². The van der Waals surface area contributed by atoms with Crippen molar-refractivity contribution in [2.24, 2.45) is 0 Å². The highest BCUT2D eigenvalue weighted by Crippen LogP contribution is 2.08. The van der Waals surface area contributed by atoms with Crippen LogP contribution in [0, 0.1) is 0 Å². The van der Waals surface area contributed by atoms with Crippen LogP contribution in [-0.2, 0) is 22.4 Å².